The van der Waals surface area contributed by atoms with E-state index in [4.69, 9.17) is 9.47 Å². The summed E-state index contributed by atoms with van der Waals surface area (Å²) in [6, 6.07) is 13.5. The number of methoxy groups -OCH3 is 2. The third-order valence-corrected chi connectivity index (χ3v) is 4.65. The molecule has 7 nitrogen and oxygen atoms in total. The average Bonchev–Trinajstić information content (AvgIpc) is 2.77. The van der Waals surface area contributed by atoms with Gasteiger partial charge in [0, 0.05) is 39.8 Å². The lowest BCUT2D eigenvalue weighted by atomic mass is 10.1. The number of benzene rings is 2. The van der Waals surface area contributed by atoms with Gasteiger partial charge in [-0.05, 0) is 41.8 Å². The Kier molecular flexibility index (Phi) is 8.33. The topological polar surface area (TPSA) is 75.2 Å². The molecule has 1 amide bonds. The number of carbonyl (C=O) groups is 1. The van der Waals surface area contributed by atoms with Gasteiger partial charge in [0.25, 0.3) is 5.91 Å². The van der Waals surface area contributed by atoms with Crippen molar-refractivity contribution in [2.45, 2.75) is 13.0 Å². The highest BCUT2D eigenvalue weighted by molar-refractivity contribution is 5.93. The molecule has 7 heteroatoms. The maximum atomic E-state index is 11.6. The van der Waals surface area contributed by atoms with Crippen molar-refractivity contribution in [2.75, 3.05) is 41.9 Å². The number of aliphatic imine (C=N–C) groups is 1. The summed E-state index contributed by atoms with van der Waals surface area (Å²) in [4.78, 5) is 18.1. The van der Waals surface area contributed by atoms with E-state index >= 15 is 0 Å². The number of carbonyl (C=O) groups excluding carboxylic acids is 1. The number of guanidine groups is 1. The van der Waals surface area contributed by atoms with Gasteiger partial charge in [0.1, 0.15) is 0 Å². The van der Waals surface area contributed by atoms with Crippen molar-refractivity contribution in [1.82, 2.24) is 15.5 Å². The number of hydrogen-bond donors (Lipinski definition) is 2. The molecule has 0 radical (unpaired) electrons. The molecule has 0 unspecified atom stereocenters. The molecule has 2 rings (SSSR count). The first-order valence-electron chi connectivity index (χ1n) is 9.46. The fourth-order valence-electron chi connectivity index (χ4n) is 2.92. The highest BCUT2D eigenvalue weighted by Crippen LogP contribution is 2.27. The van der Waals surface area contributed by atoms with E-state index in [1.807, 2.05) is 49.5 Å². The minimum absolute atomic E-state index is 0.0878. The summed E-state index contributed by atoms with van der Waals surface area (Å²) >= 11 is 0. The van der Waals surface area contributed by atoms with Crippen LogP contribution in [0.3, 0.4) is 0 Å². The molecule has 29 heavy (non-hydrogen) atoms. The number of likely N-dealkylation sites (N-methyl/N-ethyl adjacent to an activating group) is 1. The number of amides is 1. The maximum Gasteiger partial charge on any atom is 0.251 e. The SMILES string of the molecule is CN=C(NCc1ccc(C(=O)NC)cc1)N(C)CCc1ccc(OC)c(OC)c1. The van der Waals surface area contributed by atoms with Gasteiger partial charge in [0.05, 0.1) is 14.2 Å². The summed E-state index contributed by atoms with van der Waals surface area (Å²) in [6.45, 7) is 1.42. The van der Waals surface area contributed by atoms with Crippen molar-refractivity contribution in [3.63, 3.8) is 0 Å². The molecule has 2 aromatic rings. The van der Waals surface area contributed by atoms with Gasteiger partial charge in [-0.3, -0.25) is 9.79 Å². The van der Waals surface area contributed by atoms with Crippen LogP contribution in [0.15, 0.2) is 47.5 Å². The molecule has 0 aliphatic rings. The van der Waals surface area contributed by atoms with Crippen molar-refractivity contribution < 1.29 is 14.3 Å². The minimum atomic E-state index is -0.0878. The zero-order valence-corrected chi connectivity index (χ0v) is 17.8. The predicted octanol–water partition coefficient (Wildman–Crippen LogP) is 2.31. The zero-order valence-electron chi connectivity index (χ0n) is 17.8. The summed E-state index contributed by atoms with van der Waals surface area (Å²) in [5.74, 6) is 2.18. The molecule has 0 fully saturated rings. The third-order valence-electron chi connectivity index (χ3n) is 4.65. The molecule has 156 valence electrons. The van der Waals surface area contributed by atoms with Crippen LogP contribution < -0.4 is 20.1 Å². The lowest BCUT2D eigenvalue weighted by Crippen LogP contribution is -2.39. The van der Waals surface area contributed by atoms with Crippen LogP contribution in [0.25, 0.3) is 0 Å². The first-order valence-corrected chi connectivity index (χ1v) is 9.46. The van der Waals surface area contributed by atoms with Gasteiger partial charge >= 0.3 is 0 Å². The summed E-state index contributed by atoms with van der Waals surface area (Å²) in [6.07, 6.45) is 0.846. The van der Waals surface area contributed by atoms with Crippen LogP contribution in [0.5, 0.6) is 11.5 Å². The van der Waals surface area contributed by atoms with Crippen molar-refractivity contribution >= 4 is 11.9 Å². The van der Waals surface area contributed by atoms with Gasteiger partial charge in [-0.15, -0.1) is 0 Å². The van der Waals surface area contributed by atoms with E-state index in [-0.39, 0.29) is 5.91 Å². The van der Waals surface area contributed by atoms with Crippen molar-refractivity contribution in [3.05, 3.63) is 59.2 Å². The summed E-state index contributed by atoms with van der Waals surface area (Å²) < 4.78 is 10.7. The molecule has 2 N–H and O–H groups in total. The monoisotopic (exact) mass is 398 g/mol. The number of nitrogens with one attached hydrogen (secondary N) is 2. The van der Waals surface area contributed by atoms with Crippen LogP contribution in [-0.4, -0.2) is 58.7 Å². The Balaban J connectivity index is 1.90. The second-order valence-corrected chi connectivity index (χ2v) is 6.54. The Bertz CT molecular complexity index is 834. The molecule has 0 heterocycles. The number of hydrogen-bond acceptors (Lipinski definition) is 4. The molecule has 0 aromatic heterocycles. The van der Waals surface area contributed by atoms with Gasteiger partial charge in [-0.25, -0.2) is 0 Å². The third kappa shape index (κ3) is 6.14. The Labute approximate surface area is 172 Å². The van der Waals surface area contributed by atoms with Crippen molar-refractivity contribution in [3.8, 4) is 11.5 Å². The van der Waals surface area contributed by atoms with E-state index in [0.29, 0.717) is 12.1 Å². The minimum Gasteiger partial charge on any atom is -0.493 e. The Hall–Kier alpha value is -3.22. The number of ether oxygens (including phenoxy) is 2. The molecular formula is C22H30N4O3. The van der Waals surface area contributed by atoms with Crippen LogP contribution in [0.2, 0.25) is 0 Å². The quantitative estimate of drug-likeness (QED) is 0.527. The van der Waals surface area contributed by atoms with E-state index in [9.17, 15) is 4.79 Å². The lowest BCUT2D eigenvalue weighted by Gasteiger charge is -2.22. The van der Waals surface area contributed by atoms with Crippen LogP contribution in [0.1, 0.15) is 21.5 Å². The number of nitrogens with zero attached hydrogens (tertiary/aromatic N) is 2. The maximum absolute atomic E-state index is 11.6. The van der Waals surface area contributed by atoms with Crippen molar-refractivity contribution in [1.29, 1.82) is 0 Å². The lowest BCUT2D eigenvalue weighted by molar-refractivity contribution is 0.0963. The highest BCUT2D eigenvalue weighted by atomic mass is 16.5. The van der Waals surface area contributed by atoms with Crippen molar-refractivity contribution in [2.24, 2.45) is 4.99 Å². The molecule has 0 bridgehead atoms. The second kappa shape index (κ2) is 10.9. The highest BCUT2D eigenvalue weighted by Gasteiger charge is 2.09. The van der Waals surface area contributed by atoms with Gasteiger partial charge < -0.3 is 25.0 Å². The molecular weight excluding hydrogens is 368 g/mol. The van der Waals surface area contributed by atoms with E-state index in [1.54, 1.807) is 28.3 Å². The molecule has 0 aliphatic carbocycles. The normalized spacial score (nSPS) is 11.0. The van der Waals surface area contributed by atoms with Gasteiger partial charge in [0.15, 0.2) is 17.5 Å². The van der Waals surface area contributed by atoms with Crippen LogP contribution >= 0.6 is 0 Å². The Morgan fingerprint density at radius 3 is 2.28 bits per heavy atom. The summed E-state index contributed by atoms with van der Waals surface area (Å²) in [5, 5.41) is 5.98. The van der Waals surface area contributed by atoms with Gasteiger partial charge in [-0.1, -0.05) is 18.2 Å². The molecule has 2 aromatic carbocycles. The van der Waals surface area contributed by atoms with E-state index in [0.717, 1.165) is 41.6 Å². The predicted molar refractivity (Wildman–Crippen MR) is 116 cm³/mol. The first-order chi connectivity index (χ1) is 14.0. The van der Waals surface area contributed by atoms with Gasteiger partial charge in [0.2, 0.25) is 0 Å². The van der Waals surface area contributed by atoms with Crippen LogP contribution in [0.4, 0.5) is 0 Å². The summed E-state index contributed by atoms with van der Waals surface area (Å²) in [5.41, 5.74) is 2.88. The Morgan fingerprint density at radius 1 is 1.03 bits per heavy atom. The van der Waals surface area contributed by atoms with E-state index < -0.39 is 0 Å². The van der Waals surface area contributed by atoms with Crippen LogP contribution in [-0.2, 0) is 13.0 Å². The van der Waals surface area contributed by atoms with Gasteiger partial charge in [-0.2, -0.15) is 0 Å². The van der Waals surface area contributed by atoms with E-state index in [2.05, 4.69) is 20.5 Å². The molecule has 0 saturated heterocycles. The average molecular weight is 399 g/mol. The van der Waals surface area contributed by atoms with Crippen LogP contribution in [0, 0.1) is 0 Å². The first kappa shape index (κ1) is 22.1. The molecule has 0 spiro atoms. The Morgan fingerprint density at radius 2 is 1.69 bits per heavy atom. The largest absolute Gasteiger partial charge is 0.493 e. The molecule has 0 saturated carbocycles. The zero-order chi connectivity index (χ0) is 21.2. The smallest absolute Gasteiger partial charge is 0.251 e. The van der Waals surface area contributed by atoms with E-state index in [1.165, 1.54) is 0 Å². The fourth-order valence-corrected chi connectivity index (χ4v) is 2.92. The molecule has 0 atom stereocenters. The standard InChI is InChI=1S/C22H30N4O3/c1-23-21(27)18-9-6-17(7-10-18)15-25-22(24-2)26(3)13-12-16-8-11-19(28-4)20(14-16)29-5/h6-11,14H,12-13,15H2,1-5H3,(H,23,27)(H,24,25). The summed E-state index contributed by atoms with van der Waals surface area (Å²) in [7, 11) is 8.67. The molecule has 0 aliphatic heterocycles. The number of rotatable bonds is 8. The second-order valence-electron chi connectivity index (χ2n) is 6.54. The fraction of sp³-hybridized carbons (Fsp3) is 0.364.